The zero-order valence-electron chi connectivity index (χ0n) is 14.9. The van der Waals surface area contributed by atoms with Crippen LogP contribution in [0.25, 0.3) is 17.2 Å². The molecule has 0 N–H and O–H groups in total. The lowest BCUT2D eigenvalue weighted by molar-refractivity contribution is -0.133. The molecule has 3 rings (SSSR count). The van der Waals surface area contributed by atoms with Gasteiger partial charge in [0.25, 0.3) is 0 Å². The number of rotatable bonds is 5. The van der Waals surface area contributed by atoms with Crippen molar-refractivity contribution in [3.8, 4) is 0 Å². The Morgan fingerprint density at radius 2 is 1.37 bits per heavy atom. The van der Waals surface area contributed by atoms with Crippen molar-refractivity contribution < 1.29 is 9.53 Å². The fourth-order valence-corrected chi connectivity index (χ4v) is 2.85. The van der Waals surface area contributed by atoms with Crippen LogP contribution in [0, 0.1) is 0 Å². The van der Waals surface area contributed by atoms with Gasteiger partial charge >= 0.3 is 5.97 Å². The summed E-state index contributed by atoms with van der Waals surface area (Å²) in [6.07, 6.45) is 3.89. The maximum Gasteiger partial charge on any atom is 0.338 e. The highest BCUT2D eigenvalue weighted by Gasteiger charge is 2.13. The molecule has 0 saturated heterocycles. The number of hydrogen-bond acceptors (Lipinski definition) is 2. The van der Waals surface area contributed by atoms with E-state index in [1.54, 1.807) is 0 Å². The minimum atomic E-state index is -0.376. The largest absolute Gasteiger partial charge is 0.465 e. The molecule has 0 unspecified atom stereocenters. The first-order valence-corrected chi connectivity index (χ1v) is 8.93. The molecule has 0 atom stereocenters. The third kappa shape index (κ3) is 4.96. The molecular formula is C24H19ClO2. The molecule has 0 saturated carbocycles. The number of esters is 1. The molecular weight excluding hydrogens is 356 g/mol. The second-order valence-electron chi connectivity index (χ2n) is 5.93. The van der Waals surface area contributed by atoms with Crippen LogP contribution in [-0.2, 0) is 9.53 Å². The van der Waals surface area contributed by atoms with Gasteiger partial charge in [-0.3, -0.25) is 0 Å². The maximum absolute atomic E-state index is 12.4. The lowest BCUT2D eigenvalue weighted by atomic mass is 9.97. The predicted octanol–water partition coefficient (Wildman–Crippen LogP) is 6.14. The fraction of sp³-hybridized carbons (Fsp3) is 0.0417. The Morgan fingerprint density at radius 1 is 0.815 bits per heavy atom. The standard InChI is InChI=1S/C24H19ClO2/c1-27-24(26)23(20-10-6-3-7-11-20)17-21(19-8-4-2-5-9-19)16-18-12-14-22(25)15-13-18/h2-17H,1H3/b21-16+,23-17+. The molecule has 0 spiro atoms. The Morgan fingerprint density at radius 3 is 1.93 bits per heavy atom. The zero-order valence-corrected chi connectivity index (χ0v) is 15.7. The molecule has 134 valence electrons. The van der Waals surface area contributed by atoms with Gasteiger partial charge in [0.1, 0.15) is 0 Å². The van der Waals surface area contributed by atoms with Gasteiger partial charge in [-0.1, -0.05) is 84.4 Å². The van der Waals surface area contributed by atoms with Crippen molar-refractivity contribution in [1.29, 1.82) is 0 Å². The molecule has 0 aliphatic heterocycles. The third-order valence-electron chi connectivity index (χ3n) is 4.09. The Kier molecular flexibility index (Phi) is 6.24. The Hall–Kier alpha value is -3.10. The van der Waals surface area contributed by atoms with Crippen molar-refractivity contribution in [2.45, 2.75) is 0 Å². The van der Waals surface area contributed by atoms with E-state index >= 15 is 0 Å². The molecule has 0 aliphatic rings. The van der Waals surface area contributed by atoms with Crippen molar-refractivity contribution in [3.63, 3.8) is 0 Å². The Labute approximate surface area is 164 Å². The minimum Gasteiger partial charge on any atom is -0.465 e. The smallest absolute Gasteiger partial charge is 0.338 e. The molecule has 0 fully saturated rings. The molecule has 27 heavy (non-hydrogen) atoms. The number of carbonyl (C=O) groups excluding carboxylic acids is 1. The summed E-state index contributed by atoms with van der Waals surface area (Å²) >= 11 is 6.00. The number of carbonyl (C=O) groups is 1. The zero-order chi connectivity index (χ0) is 19.1. The molecule has 0 aromatic heterocycles. The number of ether oxygens (including phenoxy) is 1. The second kappa shape index (κ2) is 9.02. The highest BCUT2D eigenvalue weighted by atomic mass is 35.5. The lowest BCUT2D eigenvalue weighted by Crippen LogP contribution is -2.04. The first kappa shape index (κ1) is 18.7. The van der Waals surface area contributed by atoms with E-state index in [1.807, 2.05) is 97.1 Å². The predicted molar refractivity (Wildman–Crippen MR) is 112 cm³/mol. The van der Waals surface area contributed by atoms with Crippen molar-refractivity contribution >= 4 is 34.8 Å². The molecule has 0 heterocycles. The number of benzene rings is 3. The van der Waals surface area contributed by atoms with Gasteiger partial charge in [0, 0.05) is 5.02 Å². The summed E-state index contributed by atoms with van der Waals surface area (Å²) in [5.41, 5.74) is 4.21. The number of methoxy groups -OCH3 is 1. The molecule has 0 aliphatic carbocycles. The number of halogens is 1. The molecule has 0 bridgehead atoms. The highest BCUT2D eigenvalue weighted by molar-refractivity contribution is 6.30. The number of hydrogen-bond donors (Lipinski definition) is 0. The molecule has 0 radical (unpaired) electrons. The van der Waals surface area contributed by atoms with Crippen LogP contribution in [-0.4, -0.2) is 13.1 Å². The van der Waals surface area contributed by atoms with Crippen molar-refractivity contribution in [2.75, 3.05) is 7.11 Å². The summed E-state index contributed by atoms with van der Waals surface area (Å²) in [4.78, 5) is 12.4. The second-order valence-corrected chi connectivity index (χ2v) is 6.37. The first-order valence-electron chi connectivity index (χ1n) is 8.55. The SMILES string of the molecule is COC(=O)/C(=C/C(=C\c1ccc(Cl)cc1)c1ccccc1)c1ccccc1. The van der Waals surface area contributed by atoms with E-state index in [-0.39, 0.29) is 5.97 Å². The minimum absolute atomic E-state index is 0.376. The van der Waals surface area contributed by atoms with Gasteiger partial charge in [-0.15, -0.1) is 0 Å². The summed E-state index contributed by atoms with van der Waals surface area (Å²) in [6.45, 7) is 0. The van der Waals surface area contributed by atoms with E-state index in [4.69, 9.17) is 16.3 Å². The van der Waals surface area contributed by atoms with Gasteiger partial charge in [0.2, 0.25) is 0 Å². The molecule has 0 amide bonds. The topological polar surface area (TPSA) is 26.3 Å². The number of allylic oxidation sites excluding steroid dienone is 2. The van der Waals surface area contributed by atoms with Crippen LogP contribution >= 0.6 is 11.6 Å². The Balaban J connectivity index is 2.15. The first-order chi connectivity index (χ1) is 13.2. The van der Waals surface area contributed by atoms with Crippen LogP contribution in [0.1, 0.15) is 16.7 Å². The monoisotopic (exact) mass is 374 g/mol. The fourth-order valence-electron chi connectivity index (χ4n) is 2.72. The van der Waals surface area contributed by atoms with Crippen LogP contribution in [0.3, 0.4) is 0 Å². The summed E-state index contributed by atoms with van der Waals surface area (Å²) in [6, 6.07) is 27.0. The van der Waals surface area contributed by atoms with Gasteiger partial charge in [0.05, 0.1) is 12.7 Å². The van der Waals surface area contributed by atoms with E-state index in [0.29, 0.717) is 10.6 Å². The van der Waals surface area contributed by atoms with E-state index in [1.165, 1.54) is 7.11 Å². The average Bonchev–Trinajstić information content (AvgIpc) is 2.73. The van der Waals surface area contributed by atoms with Crippen LogP contribution in [0.4, 0.5) is 0 Å². The highest BCUT2D eigenvalue weighted by Crippen LogP contribution is 2.26. The van der Waals surface area contributed by atoms with Gasteiger partial charge < -0.3 is 4.74 Å². The van der Waals surface area contributed by atoms with Crippen molar-refractivity contribution in [3.05, 3.63) is 113 Å². The van der Waals surface area contributed by atoms with Crippen LogP contribution in [0.15, 0.2) is 91.0 Å². The average molecular weight is 375 g/mol. The van der Waals surface area contributed by atoms with Gasteiger partial charge in [-0.2, -0.15) is 0 Å². The Bertz CT molecular complexity index is 956. The van der Waals surface area contributed by atoms with E-state index in [9.17, 15) is 4.79 Å². The van der Waals surface area contributed by atoms with E-state index in [0.717, 1.165) is 22.3 Å². The summed E-state index contributed by atoms with van der Waals surface area (Å²) in [5, 5.41) is 0.684. The van der Waals surface area contributed by atoms with Gasteiger partial charge in [-0.25, -0.2) is 4.79 Å². The molecule has 2 nitrogen and oxygen atoms in total. The molecule has 3 heteroatoms. The normalized spacial score (nSPS) is 11.9. The van der Waals surface area contributed by atoms with E-state index in [2.05, 4.69) is 0 Å². The molecule has 3 aromatic rings. The summed E-state index contributed by atoms with van der Waals surface area (Å²) < 4.78 is 5.02. The van der Waals surface area contributed by atoms with Crippen molar-refractivity contribution in [2.24, 2.45) is 0 Å². The third-order valence-corrected chi connectivity index (χ3v) is 4.34. The summed E-state index contributed by atoms with van der Waals surface area (Å²) in [7, 11) is 1.39. The van der Waals surface area contributed by atoms with Crippen LogP contribution in [0.5, 0.6) is 0 Å². The van der Waals surface area contributed by atoms with Crippen LogP contribution in [0.2, 0.25) is 5.02 Å². The van der Waals surface area contributed by atoms with Crippen LogP contribution < -0.4 is 0 Å². The molecule has 3 aromatic carbocycles. The quantitative estimate of drug-likeness (QED) is 0.232. The van der Waals surface area contributed by atoms with Gasteiger partial charge in [0.15, 0.2) is 0 Å². The van der Waals surface area contributed by atoms with Crippen molar-refractivity contribution in [1.82, 2.24) is 0 Å². The lowest BCUT2D eigenvalue weighted by Gasteiger charge is -2.09. The van der Waals surface area contributed by atoms with E-state index < -0.39 is 0 Å². The van der Waals surface area contributed by atoms with Gasteiger partial charge in [-0.05, 0) is 46.5 Å². The summed E-state index contributed by atoms with van der Waals surface area (Å²) in [5.74, 6) is -0.376. The maximum atomic E-state index is 12.4.